The summed E-state index contributed by atoms with van der Waals surface area (Å²) in [5.41, 5.74) is -0.325. The first kappa shape index (κ1) is 15.7. The molecule has 2 saturated heterocycles. The van der Waals surface area contributed by atoms with E-state index in [1.54, 1.807) is 0 Å². The number of rotatable bonds is 3. The van der Waals surface area contributed by atoms with Gasteiger partial charge in [0.1, 0.15) is 0 Å². The highest BCUT2D eigenvalue weighted by Gasteiger charge is 2.36. The first-order valence-corrected chi connectivity index (χ1v) is 7.76. The molecule has 0 aromatic carbocycles. The molecule has 5 nitrogen and oxygen atoms in total. The van der Waals surface area contributed by atoms with Gasteiger partial charge in [-0.15, -0.1) is 0 Å². The van der Waals surface area contributed by atoms with Gasteiger partial charge in [-0.25, -0.2) is 0 Å². The highest BCUT2D eigenvalue weighted by Crippen LogP contribution is 2.23. The molecule has 0 radical (unpaired) electrons. The van der Waals surface area contributed by atoms with Crippen molar-refractivity contribution in [2.45, 2.75) is 39.9 Å². The van der Waals surface area contributed by atoms with Crippen molar-refractivity contribution in [3.63, 3.8) is 0 Å². The number of nitrogens with zero attached hydrogens (tertiary/aromatic N) is 2. The van der Waals surface area contributed by atoms with Crippen LogP contribution in [0.25, 0.3) is 0 Å². The summed E-state index contributed by atoms with van der Waals surface area (Å²) in [6, 6.07) is 0. The average molecular weight is 283 g/mol. The summed E-state index contributed by atoms with van der Waals surface area (Å²) in [5, 5.41) is 3.29. The van der Waals surface area contributed by atoms with Gasteiger partial charge >= 0.3 is 0 Å². The maximum Gasteiger partial charge on any atom is 0.229 e. The van der Waals surface area contributed by atoms with Crippen LogP contribution in [0.2, 0.25) is 0 Å². The monoisotopic (exact) mass is 283 g/mol. The van der Waals surface area contributed by atoms with Gasteiger partial charge < -0.3 is 15.0 Å². The lowest BCUT2D eigenvalue weighted by molar-refractivity contribution is -0.144. The molecule has 2 fully saturated rings. The minimum Gasteiger partial charge on any atom is -0.373 e. The minimum absolute atomic E-state index is 0.254. The Kier molecular flexibility index (Phi) is 5.04. The summed E-state index contributed by atoms with van der Waals surface area (Å²) >= 11 is 0. The van der Waals surface area contributed by atoms with Crippen LogP contribution in [0.5, 0.6) is 0 Å². The molecule has 0 saturated carbocycles. The van der Waals surface area contributed by atoms with E-state index in [1.165, 1.54) is 0 Å². The molecule has 0 spiro atoms. The molecule has 2 atom stereocenters. The highest BCUT2D eigenvalue weighted by molar-refractivity contribution is 5.82. The number of hydrogen-bond donors (Lipinski definition) is 1. The van der Waals surface area contributed by atoms with Crippen LogP contribution in [0.1, 0.15) is 27.7 Å². The number of ether oxygens (including phenoxy) is 1. The van der Waals surface area contributed by atoms with Crippen molar-refractivity contribution in [3.8, 4) is 0 Å². The maximum atomic E-state index is 12.7. The van der Waals surface area contributed by atoms with E-state index in [1.807, 2.05) is 4.90 Å². The summed E-state index contributed by atoms with van der Waals surface area (Å²) in [6.07, 6.45) is 0.507. The fraction of sp³-hybridized carbons (Fsp3) is 0.933. The fourth-order valence-electron chi connectivity index (χ4n) is 3.34. The molecule has 0 aliphatic carbocycles. The number of carbonyl (C=O) groups excluding carboxylic acids is 1. The number of morpholine rings is 1. The second-order valence-electron chi connectivity index (χ2n) is 6.88. The zero-order chi connectivity index (χ0) is 14.8. The van der Waals surface area contributed by atoms with Crippen LogP contribution in [-0.4, -0.2) is 73.7 Å². The third-order valence-corrected chi connectivity index (χ3v) is 4.10. The van der Waals surface area contributed by atoms with E-state index < -0.39 is 0 Å². The van der Waals surface area contributed by atoms with E-state index in [0.717, 1.165) is 45.8 Å². The number of nitrogens with one attached hydrogen (secondary N) is 1. The van der Waals surface area contributed by atoms with Gasteiger partial charge in [0.2, 0.25) is 5.91 Å². The molecule has 1 amide bonds. The molecule has 2 unspecified atom stereocenters. The van der Waals surface area contributed by atoms with E-state index in [9.17, 15) is 4.79 Å². The van der Waals surface area contributed by atoms with Gasteiger partial charge in [0.15, 0.2) is 0 Å². The zero-order valence-corrected chi connectivity index (χ0v) is 13.3. The molecule has 2 rings (SSSR count). The second-order valence-corrected chi connectivity index (χ2v) is 6.88. The van der Waals surface area contributed by atoms with Crippen LogP contribution in [0.4, 0.5) is 0 Å². The van der Waals surface area contributed by atoms with Crippen molar-refractivity contribution in [1.82, 2.24) is 15.1 Å². The Morgan fingerprint density at radius 3 is 2.30 bits per heavy atom. The SMILES string of the molecule is CC1CN(CC(C)(C)C(=O)N2CCNCC2)CC(C)O1. The Morgan fingerprint density at radius 2 is 1.75 bits per heavy atom. The van der Waals surface area contributed by atoms with Gasteiger partial charge in [-0.05, 0) is 27.7 Å². The lowest BCUT2D eigenvalue weighted by atomic mass is 9.90. The Balaban J connectivity index is 1.93. The first-order valence-electron chi connectivity index (χ1n) is 7.76. The second kappa shape index (κ2) is 6.41. The largest absolute Gasteiger partial charge is 0.373 e. The van der Waals surface area contributed by atoms with Crippen molar-refractivity contribution in [2.75, 3.05) is 45.8 Å². The Morgan fingerprint density at radius 1 is 1.20 bits per heavy atom. The summed E-state index contributed by atoms with van der Waals surface area (Å²) in [6.45, 7) is 14.5. The molecule has 2 heterocycles. The third kappa shape index (κ3) is 3.93. The van der Waals surface area contributed by atoms with Gasteiger partial charge in [0, 0.05) is 45.8 Å². The average Bonchev–Trinajstić information content (AvgIpc) is 2.37. The van der Waals surface area contributed by atoms with Crippen molar-refractivity contribution < 1.29 is 9.53 Å². The Bertz CT molecular complexity index is 330. The Hall–Kier alpha value is -0.650. The van der Waals surface area contributed by atoms with Gasteiger partial charge in [0.25, 0.3) is 0 Å². The normalized spacial score (nSPS) is 29.5. The standard InChI is InChI=1S/C15H29N3O2/c1-12-9-17(10-13(2)20-12)11-15(3,4)14(19)18-7-5-16-6-8-18/h12-13,16H,5-11H2,1-4H3. The van der Waals surface area contributed by atoms with Gasteiger partial charge in [-0.1, -0.05) is 0 Å². The molecule has 116 valence electrons. The maximum absolute atomic E-state index is 12.7. The fourth-order valence-corrected chi connectivity index (χ4v) is 3.34. The number of amides is 1. The number of piperazine rings is 1. The predicted molar refractivity (Wildman–Crippen MR) is 79.7 cm³/mol. The van der Waals surface area contributed by atoms with E-state index in [-0.39, 0.29) is 23.5 Å². The number of carbonyl (C=O) groups is 1. The van der Waals surface area contributed by atoms with Crippen LogP contribution in [-0.2, 0) is 9.53 Å². The molecule has 0 aromatic rings. The molecule has 2 aliphatic heterocycles. The van der Waals surface area contributed by atoms with Crippen LogP contribution in [0.15, 0.2) is 0 Å². The van der Waals surface area contributed by atoms with Crippen molar-refractivity contribution in [2.24, 2.45) is 5.41 Å². The van der Waals surface area contributed by atoms with E-state index in [4.69, 9.17) is 4.74 Å². The summed E-state index contributed by atoms with van der Waals surface area (Å²) in [7, 11) is 0. The quantitative estimate of drug-likeness (QED) is 0.822. The molecular formula is C15H29N3O2. The van der Waals surface area contributed by atoms with Crippen LogP contribution in [0, 0.1) is 5.41 Å². The zero-order valence-electron chi connectivity index (χ0n) is 13.3. The smallest absolute Gasteiger partial charge is 0.229 e. The molecule has 0 bridgehead atoms. The molecular weight excluding hydrogens is 254 g/mol. The first-order chi connectivity index (χ1) is 9.38. The van der Waals surface area contributed by atoms with Gasteiger partial charge in [-0.2, -0.15) is 0 Å². The minimum atomic E-state index is -0.325. The topological polar surface area (TPSA) is 44.8 Å². The van der Waals surface area contributed by atoms with Gasteiger partial charge in [-0.3, -0.25) is 9.69 Å². The molecule has 0 aromatic heterocycles. The van der Waals surface area contributed by atoms with Crippen molar-refractivity contribution >= 4 is 5.91 Å². The van der Waals surface area contributed by atoms with Crippen molar-refractivity contribution in [3.05, 3.63) is 0 Å². The van der Waals surface area contributed by atoms with E-state index in [2.05, 4.69) is 37.9 Å². The molecule has 1 N–H and O–H groups in total. The van der Waals surface area contributed by atoms with E-state index >= 15 is 0 Å². The lowest BCUT2D eigenvalue weighted by Gasteiger charge is -2.41. The van der Waals surface area contributed by atoms with E-state index in [0.29, 0.717) is 0 Å². The summed E-state index contributed by atoms with van der Waals surface area (Å²) in [5.74, 6) is 0.283. The van der Waals surface area contributed by atoms with Crippen molar-refractivity contribution in [1.29, 1.82) is 0 Å². The number of hydrogen-bond acceptors (Lipinski definition) is 4. The predicted octanol–water partition coefficient (Wildman–Crippen LogP) is 0.554. The summed E-state index contributed by atoms with van der Waals surface area (Å²) in [4.78, 5) is 17.1. The van der Waals surface area contributed by atoms with Crippen LogP contribution >= 0.6 is 0 Å². The highest BCUT2D eigenvalue weighted by atomic mass is 16.5. The van der Waals surface area contributed by atoms with Gasteiger partial charge in [0.05, 0.1) is 17.6 Å². The molecule has 2 aliphatic rings. The lowest BCUT2D eigenvalue weighted by Crippen LogP contribution is -2.55. The third-order valence-electron chi connectivity index (χ3n) is 4.10. The molecule has 5 heteroatoms. The summed E-state index contributed by atoms with van der Waals surface area (Å²) < 4.78 is 5.76. The van der Waals surface area contributed by atoms with Crippen LogP contribution in [0.3, 0.4) is 0 Å². The van der Waals surface area contributed by atoms with Crippen LogP contribution < -0.4 is 5.32 Å². The molecule has 20 heavy (non-hydrogen) atoms. The Labute approximate surface area is 122 Å².